The lowest BCUT2D eigenvalue weighted by Gasteiger charge is -2.33. The molecule has 0 bridgehead atoms. The van der Waals surface area contributed by atoms with Crippen LogP contribution in [0.5, 0.6) is 0 Å². The first-order chi connectivity index (χ1) is 9.30. The average molecular weight is 284 g/mol. The Bertz CT molecular complexity index is 308. The van der Waals surface area contributed by atoms with Gasteiger partial charge in [-0.25, -0.2) is 0 Å². The van der Waals surface area contributed by atoms with E-state index >= 15 is 0 Å². The fourth-order valence-electron chi connectivity index (χ4n) is 3.41. The maximum Gasteiger partial charge on any atom is 0.323 e. The molecule has 1 aliphatic rings. The van der Waals surface area contributed by atoms with E-state index in [0.29, 0.717) is 24.4 Å². The van der Waals surface area contributed by atoms with Gasteiger partial charge in [0.2, 0.25) is 0 Å². The van der Waals surface area contributed by atoms with Crippen LogP contribution in [0, 0.1) is 11.8 Å². The molecule has 0 aliphatic heterocycles. The highest BCUT2D eigenvalue weighted by molar-refractivity contribution is 5.79. The van der Waals surface area contributed by atoms with E-state index in [1.54, 1.807) is 0 Å². The second kappa shape index (κ2) is 7.41. The normalized spacial score (nSPS) is 26.9. The number of carbonyl (C=O) groups is 1. The van der Waals surface area contributed by atoms with Crippen molar-refractivity contribution in [1.29, 1.82) is 0 Å². The number of aliphatic carboxylic acids is 1. The van der Waals surface area contributed by atoms with Crippen LogP contribution in [-0.2, 0) is 4.79 Å². The highest BCUT2D eigenvalue weighted by atomic mass is 16.4. The van der Waals surface area contributed by atoms with Gasteiger partial charge >= 0.3 is 5.97 Å². The molecule has 1 rings (SSSR count). The lowest BCUT2D eigenvalue weighted by Crippen LogP contribution is -2.51. The average Bonchev–Trinajstić information content (AvgIpc) is 2.73. The Morgan fingerprint density at radius 2 is 1.85 bits per heavy atom. The van der Waals surface area contributed by atoms with Gasteiger partial charge in [-0.1, -0.05) is 34.6 Å². The monoisotopic (exact) mass is 284 g/mol. The molecule has 0 spiro atoms. The van der Waals surface area contributed by atoms with Gasteiger partial charge in [0.15, 0.2) is 0 Å². The maximum absolute atomic E-state index is 11.6. The molecule has 0 aromatic rings. The van der Waals surface area contributed by atoms with Gasteiger partial charge in [0.1, 0.15) is 5.54 Å². The van der Waals surface area contributed by atoms with Gasteiger partial charge in [-0.05, 0) is 37.6 Å². The topological polar surface area (TPSA) is 52.6 Å². The number of nitrogens with one attached hydrogen (secondary N) is 1. The van der Waals surface area contributed by atoms with E-state index in [-0.39, 0.29) is 0 Å². The molecule has 20 heavy (non-hydrogen) atoms. The minimum Gasteiger partial charge on any atom is -0.480 e. The van der Waals surface area contributed by atoms with Crippen molar-refractivity contribution in [2.45, 2.75) is 65.5 Å². The first-order valence-electron chi connectivity index (χ1n) is 8.03. The number of hydrogen-bond donors (Lipinski definition) is 2. The van der Waals surface area contributed by atoms with Crippen LogP contribution < -0.4 is 5.32 Å². The summed E-state index contributed by atoms with van der Waals surface area (Å²) in [5.41, 5.74) is -0.703. The zero-order valence-corrected chi connectivity index (χ0v) is 13.8. The fraction of sp³-hybridized carbons (Fsp3) is 0.938. The summed E-state index contributed by atoms with van der Waals surface area (Å²) >= 11 is 0. The minimum atomic E-state index is -0.703. The molecule has 4 nitrogen and oxygen atoms in total. The Morgan fingerprint density at radius 1 is 1.30 bits per heavy atom. The van der Waals surface area contributed by atoms with Crippen molar-refractivity contribution in [1.82, 2.24) is 10.2 Å². The van der Waals surface area contributed by atoms with E-state index in [4.69, 9.17) is 0 Å². The molecular formula is C16H32N2O2. The van der Waals surface area contributed by atoms with Crippen molar-refractivity contribution in [3.05, 3.63) is 0 Å². The number of hydrogen-bond acceptors (Lipinski definition) is 3. The van der Waals surface area contributed by atoms with Gasteiger partial charge in [-0.3, -0.25) is 9.69 Å². The summed E-state index contributed by atoms with van der Waals surface area (Å²) in [5, 5.41) is 12.8. The molecule has 118 valence electrons. The fourth-order valence-corrected chi connectivity index (χ4v) is 3.41. The quantitative estimate of drug-likeness (QED) is 0.719. The molecule has 1 saturated carbocycles. The Kier molecular flexibility index (Phi) is 6.46. The molecule has 2 atom stereocenters. The third-order valence-electron chi connectivity index (χ3n) is 4.13. The van der Waals surface area contributed by atoms with Crippen molar-refractivity contribution >= 4 is 5.97 Å². The molecule has 0 amide bonds. The van der Waals surface area contributed by atoms with Crippen LogP contribution >= 0.6 is 0 Å². The Morgan fingerprint density at radius 3 is 2.25 bits per heavy atom. The van der Waals surface area contributed by atoms with Crippen LogP contribution in [0.1, 0.15) is 53.9 Å². The van der Waals surface area contributed by atoms with E-state index in [0.717, 1.165) is 32.4 Å². The predicted molar refractivity (Wildman–Crippen MR) is 82.9 cm³/mol. The summed E-state index contributed by atoms with van der Waals surface area (Å²) in [5.74, 6) is 0.552. The molecule has 2 unspecified atom stereocenters. The molecule has 0 heterocycles. The maximum atomic E-state index is 11.6. The van der Waals surface area contributed by atoms with Crippen molar-refractivity contribution in [2.75, 3.05) is 19.6 Å². The molecule has 0 aromatic carbocycles. The van der Waals surface area contributed by atoms with Crippen LogP contribution in [0.2, 0.25) is 0 Å². The van der Waals surface area contributed by atoms with Gasteiger partial charge in [-0.2, -0.15) is 0 Å². The van der Waals surface area contributed by atoms with Crippen LogP contribution in [-0.4, -0.2) is 47.2 Å². The van der Waals surface area contributed by atoms with Gasteiger partial charge < -0.3 is 10.4 Å². The van der Waals surface area contributed by atoms with E-state index in [1.807, 2.05) is 6.92 Å². The SMILES string of the molecule is CCNC1(C(=O)O)CCC(N(CC(C)C)CC(C)C)C1. The summed E-state index contributed by atoms with van der Waals surface area (Å²) < 4.78 is 0. The third-order valence-corrected chi connectivity index (χ3v) is 4.13. The Balaban J connectivity index is 2.76. The molecule has 0 aromatic heterocycles. The number of nitrogens with zero attached hydrogens (tertiary/aromatic N) is 1. The largest absolute Gasteiger partial charge is 0.480 e. The van der Waals surface area contributed by atoms with Crippen LogP contribution in [0.3, 0.4) is 0 Å². The van der Waals surface area contributed by atoms with Gasteiger partial charge in [-0.15, -0.1) is 0 Å². The van der Waals surface area contributed by atoms with Gasteiger partial charge in [0, 0.05) is 19.1 Å². The lowest BCUT2D eigenvalue weighted by atomic mass is 9.97. The molecule has 0 radical (unpaired) electrons. The van der Waals surface area contributed by atoms with Crippen molar-refractivity contribution in [3.63, 3.8) is 0 Å². The number of carboxylic acids is 1. The Labute approximate surface area is 123 Å². The van der Waals surface area contributed by atoms with E-state index in [9.17, 15) is 9.90 Å². The van der Waals surface area contributed by atoms with Crippen LogP contribution in [0.4, 0.5) is 0 Å². The molecule has 4 heteroatoms. The van der Waals surface area contributed by atoms with Gasteiger partial charge in [0.25, 0.3) is 0 Å². The molecular weight excluding hydrogens is 252 g/mol. The summed E-state index contributed by atoms with van der Waals surface area (Å²) in [6.07, 6.45) is 2.46. The zero-order chi connectivity index (χ0) is 15.3. The molecule has 1 fully saturated rings. The van der Waals surface area contributed by atoms with Crippen LogP contribution in [0.15, 0.2) is 0 Å². The number of likely N-dealkylation sites (N-methyl/N-ethyl adjacent to an activating group) is 1. The molecule has 0 saturated heterocycles. The first-order valence-corrected chi connectivity index (χ1v) is 8.03. The summed E-state index contributed by atoms with van der Waals surface area (Å²) in [6, 6.07) is 0.398. The summed E-state index contributed by atoms with van der Waals surface area (Å²) in [6.45, 7) is 13.8. The smallest absolute Gasteiger partial charge is 0.323 e. The molecule has 2 N–H and O–H groups in total. The summed E-state index contributed by atoms with van der Waals surface area (Å²) in [4.78, 5) is 14.2. The predicted octanol–water partition coefficient (Wildman–Crippen LogP) is 2.59. The first kappa shape index (κ1) is 17.4. The van der Waals surface area contributed by atoms with Crippen molar-refractivity contribution in [3.8, 4) is 0 Å². The van der Waals surface area contributed by atoms with Crippen LogP contribution in [0.25, 0.3) is 0 Å². The van der Waals surface area contributed by atoms with E-state index < -0.39 is 11.5 Å². The number of carboxylic acid groups (broad SMARTS) is 1. The van der Waals surface area contributed by atoms with Crippen molar-refractivity contribution < 1.29 is 9.90 Å². The molecule has 1 aliphatic carbocycles. The Hall–Kier alpha value is -0.610. The standard InChI is InChI=1S/C16H32N2O2/c1-6-17-16(15(19)20)8-7-14(9-16)18(10-12(2)3)11-13(4)5/h12-14,17H,6-11H2,1-5H3,(H,19,20). The zero-order valence-electron chi connectivity index (χ0n) is 13.8. The van der Waals surface area contributed by atoms with E-state index in [2.05, 4.69) is 37.9 Å². The second-order valence-corrected chi connectivity index (χ2v) is 7.06. The third kappa shape index (κ3) is 4.45. The highest BCUT2D eigenvalue weighted by Gasteiger charge is 2.46. The number of rotatable bonds is 8. The van der Waals surface area contributed by atoms with E-state index in [1.165, 1.54) is 0 Å². The summed E-state index contributed by atoms with van der Waals surface area (Å²) in [7, 11) is 0. The lowest BCUT2D eigenvalue weighted by molar-refractivity contribution is -0.144. The highest BCUT2D eigenvalue weighted by Crippen LogP contribution is 2.34. The second-order valence-electron chi connectivity index (χ2n) is 7.06. The van der Waals surface area contributed by atoms with Gasteiger partial charge in [0.05, 0.1) is 0 Å². The van der Waals surface area contributed by atoms with Crippen molar-refractivity contribution in [2.24, 2.45) is 11.8 Å². The minimum absolute atomic E-state index is 0.398.